The lowest BCUT2D eigenvalue weighted by atomic mass is 10.3. The summed E-state index contributed by atoms with van der Waals surface area (Å²) < 4.78 is 6.76. The molecule has 0 radical (unpaired) electrons. The predicted molar refractivity (Wildman–Crippen MR) is 54.3 cm³/mol. The van der Waals surface area contributed by atoms with Gasteiger partial charge in [-0.3, -0.25) is 4.68 Å². The Morgan fingerprint density at radius 2 is 2.64 bits per heavy atom. The fourth-order valence-corrected chi connectivity index (χ4v) is 2.28. The summed E-state index contributed by atoms with van der Waals surface area (Å²) in [6.45, 7) is 2.19. The van der Waals surface area contributed by atoms with Gasteiger partial charge in [-0.25, -0.2) is 4.79 Å². The van der Waals surface area contributed by atoms with Crippen LogP contribution in [0, 0.1) is 0 Å². The van der Waals surface area contributed by atoms with E-state index in [-0.39, 0.29) is 5.97 Å². The number of fused-ring (bicyclic) bond motifs is 1. The zero-order valence-electron chi connectivity index (χ0n) is 8.02. The minimum absolute atomic E-state index is 0.320. The summed E-state index contributed by atoms with van der Waals surface area (Å²) in [6.07, 6.45) is 0.983. The highest BCUT2D eigenvalue weighted by atomic mass is 32.2. The molecule has 4 nitrogen and oxygen atoms in total. The molecule has 0 amide bonds. The Hall–Kier alpha value is -0.970. The number of hydrogen-bond acceptors (Lipinski definition) is 4. The van der Waals surface area contributed by atoms with Crippen molar-refractivity contribution >= 4 is 17.7 Å². The number of carbonyl (C=O) groups excluding carboxylic acids is 1. The number of esters is 1. The quantitative estimate of drug-likeness (QED) is 0.693. The van der Waals surface area contributed by atoms with Crippen LogP contribution < -0.4 is 0 Å². The van der Waals surface area contributed by atoms with Crippen LogP contribution in [0.25, 0.3) is 0 Å². The summed E-state index contributed by atoms with van der Waals surface area (Å²) in [5, 5.41) is 4.19. The van der Waals surface area contributed by atoms with Crippen molar-refractivity contribution in [2.45, 2.75) is 19.2 Å². The van der Waals surface area contributed by atoms with Gasteiger partial charge < -0.3 is 4.74 Å². The molecule has 0 spiro atoms. The molecular weight excluding hydrogens is 200 g/mol. The lowest BCUT2D eigenvalue weighted by Crippen LogP contribution is -2.10. The Kier molecular flexibility index (Phi) is 2.77. The number of nitrogens with zero attached hydrogens (tertiary/aromatic N) is 2. The maximum atomic E-state index is 11.4. The first-order chi connectivity index (χ1) is 6.81. The number of ether oxygens (including phenoxy) is 1. The van der Waals surface area contributed by atoms with Gasteiger partial charge in [-0.15, -0.1) is 11.8 Å². The third-order valence-corrected chi connectivity index (χ3v) is 2.98. The molecule has 0 unspecified atom stereocenters. The van der Waals surface area contributed by atoms with Gasteiger partial charge in [-0.2, -0.15) is 5.10 Å². The third-order valence-electron chi connectivity index (χ3n) is 2.06. The van der Waals surface area contributed by atoms with E-state index in [4.69, 9.17) is 4.74 Å². The first kappa shape index (κ1) is 9.58. The second-order valence-electron chi connectivity index (χ2n) is 3.03. The van der Waals surface area contributed by atoms with E-state index in [2.05, 4.69) is 5.10 Å². The van der Waals surface area contributed by atoms with Gasteiger partial charge in [0.25, 0.3) is 0 Å². The van der Waals surface area contributed by atoms with Crippen LogP contribution in [-0.4, -0.2) is 28.1 Å². The average Bonchev–Trinajstić information content (AvgIpc) is 2.61. The van der Waals surface area contributed by atoms with Crippen molar-refractivity contribution in [1.29, 1.82) is 0 Å². The average molecular weight is 212 g/mol. The normalized spacial score (nSPS) is 14.9. The molecule has 1 aromatic heterocycles. The zero-order chi connectivity index (χ0) is 9.97. The van der Waals surface area contributed by atoms with Crippen LogP contribution in [0.15, 0.2) is 6.07 Å². The molecule has 0 N–H and O–H groups in total. The minimum Gasteiger partial charge on any atom is -0.461 e. The van der Waals surface area contributed by atoms with E-state index in [1.165, 1.54) is 0 Å². The molecule has 76 valence electrons. The van der Waals surface area contributed by atoms with E-state index in [1.807, 2.05) is 22.5 Å². The van der Waals surface area contributed by atoms with Crippen LogP contribution in [0.4, 0.5) is 0 Å². The number of thioether (sulfide) groups is 1. The number of rotatable bonds is 2. The number of hydrogen-bond donors (Lipinski definition) is 0. The molecule has 1 aliphatic heterocycles. The van der Waals surface area contributed by atoms with Gasteiger partial charge >= 0.3 is 5.97 Å². The molecule has 0 saturated carbocycles. The van der Waals surface area contributed by atoms with Crippen molar-refractivity contribution in [3.8, 4) is 0 Å². The smallest absolute Gasteiger partial charge is 0.358 e. The van der Waals surface area contributed by atoms with Crippen LogP contribution in [0.1, 0.15) is 23.1 Å². The van der Waals surface area contributed by atoms with Gasteiger partial charge in [0.2, 0.25) is 0 Å². The van der Waals surface area contributed by atoms with Crippen molar-refractivity contribution in [3.63, 3.8) is 0 Å². The summed E-state index contributed by atoms with van der Waals surface area (Å²) in [4.78, 5) is 11.4. The number of aryl methyl sites for hydroxylation is 1. The highest BCUT2D eigenvalue weighted by molar-refractivity contribution is 7.98. The number of aromatic nitrogens is 2. The van der Waals surface area contributed by atoms with Crippen LogP contribution in [-0.2, 0) is 17.0 Å². The first-order valence-electron chi connectivity index (χ1n) is 4.63. The lowest BCUT2D eigenvalue weighted by molar-refractivity contribution is 0.0518. The summed E-state index contributed by atoms with van der Waals surface area (Å²) in [6, 6.07) is 1.83. The van der Waals surface area contributed by atoms with Gasteiger partial charge in [-0.05, 0) is 19.4 Å². The standard InChI is InChI=1S/C9H12N2O2S/c1-2-13-9(12)8-5-7-3-4-14-6-11(7)10-8/h5H,2-4,6H2,1H3. The first-order valence-corrected chi connectivity index (χ1v) is 5.78. The molecule has 2 heterocycles. The second-order valence-corrected chi connectivity index (χ2v) is 4.10. The largest absolute Gasteiger partial charge is 0.461 e. The molecule has 2 rings (SSSR count). The molecule has 0 saturated heterocycles. The third kappa shape index (κ3) is 1.77. The number of carbonyl (C=O) groups is 1. The van der Waals surface area contributed by atoms with Crippen molar-refractivity contribution < 1.29 is 9.53 Å². The molecule has 0 aliphatic carbocycles. The minimum atomic E-state index is -0.320. The van der Waals surface area contributed by atoms with E-state index in [9.17, 15) is 4.79 Å². The maximum absolute atomic E-state index is 11.4. The molecule has 14 heavy (non-hydrogen) atoms. The molecular formula is C9H12N2O2S. The Morgan fingerprint density at radius 1 is 1.79 bits per heavy atom. The molecule has 5 heteroatoms. The zero-order valence-corrected chi connectivity index (χ0v) is 8.84. The van der Waals surface area contributed by atoms with Crippen LogP contribution >= 0.6 is 11.8 Å². The van der Waals surface area contributed by atoms with E-state index >= 15 is 0 Å². The summed E-state index contributed by atoms with van der Waals surface area (Å²) >= 11 is 1.82. The fourth-order valence-electron chi connectivity index (χ4n) is 1.40. The highest BCUT2D eigenvalue weighted by Gasteiger charge is 2.17. The monoisotopic (exact) mass is 212 g/mol. The van der Waals surface area contributed by atoms with Crippen molar-refractivity contribution in [1.82, 2.24) is 9.78 Å². The summed E-state index contributed by atoms with van der Waals surface area (Å²) in [7, 11) is 0. The molecule has 1 aliphatic rings. The summed E-state index contributed by atoms with van der Waals surface area (Å²) in [5.41, 5.74) is 1.57. The molecule has 1 aromatic rings. The predicted octanol–water partition coefficient (Wildman–Crippen LogP) is 1.31. The Labute approximate surface area is 86.6 Å². The van der Waals surface area contributed by atoms with Gasteiger partial charge in [-0.1, -0.05) is 0 Å². The molecule has 0 aromatic carbocycles. The molecule has 0 fully saturated rings. The van der Waals surface area contributed by atoms with E-state index in [0.29, 0.717) is 12.3 Å². The lowest BCUT2D eigenvalue weighted by Gasteiger charge is -2.11. The van der Waals surface area contributed by atoms with E-state index in [0.717, 1.165) is 23.7 Å². The molecule has 0 atom stereocenters. The van der Waals surface area contributed by atoms with Gasteiger partial charge in [0.1, 0.15) is 0 Å². The van der Waals surface area contributed by atoms with Crippen LogP contribution in [0.3, 0.4) is 0 Å². The van der Waals surface area contributed by atoms with E-state index in [1.54, 1.807) is 6.92 Å². The van der Waals surface area contributed by atoms with Gasteiger partial charge in [0.15, 0.2) is 5.69 Å². The highest BCUT2D eigenvalue weighted by Crippen LogP contribution is 2.18. The molecule has 0 bridgehead atoms. The van der Waals surface area contributed by atoms with Gasteiger partial charge in [0.05, 0.1) is 12.5 Å². The maximum Gasteiger partial charge on any atom is 0.358 e. The van der Waals surface area contributed by atoms with Crippen LogP contribution in [0.5, 0.6) is 0 Å². The fraction of sp³-hybridized carbons (Fsp3) is 0.556. The Bertz CT molecular complexity index is 325. The van der Waals surface area contributed by atoms with Crippen molar-refractivity contribution in [2.75, 3.05) is 12.4 Å². The van der Waals surface area contributed by atoms with Crippen LogP contribution in [0.2, 0.25) is 0 Å². The van der Waals surface area contributed by atoms with Crippen molar-refractivity contribution in [3.05, 3.63) is 17.5 Å². The SMILES string of the molecule is CCOC(=O)c1cc2n(n1)CSCC2. The Balaban J connectivity index is 2.19. The summed E-state index contributed by atoms with van der Waals surface area (Å²) in [5.74, 6) is 1.63. The Morgan fingerprint density at radius 3 is 3.36 bits per heavy atom. The van der Waals surface area contributed by atoms with Gasteiger partial charge in [0, 0.05) is 11.4 Å². The topological polar surface area (TPSA) is 44.1 Å². The van der Waals surface area contributed by atoms with Crippen molar-refractivity contribution in [2.24, 2.45) is 0 Å². The second kappa shape index (κ2) is 4.04. The van der Waals surface area contributed by atoms with E-state index < -0.39 is 0 Å².